The molecule has 2 aromatic rings. The van der Waals surface area contributed by atoms with Gasteiger partial charge in [-0.1, -0.05) is 18.2 Å². The Balaban J connectivity index is 2.02. The summed E-state index contributed by atoms with van der Waals surface area (Å²) in [6.07, 6.45) is 3.75. The molecule has 100 valence electrons. The molecule has 1 aromatic carbocycles. The van der Waals surface area contributed by atoms with Crippen LogP contribution >= 0.6 is 0 Å². The molecule has 0 radical (unpaired) electrons. The molecular weight excluding hydrogens is 238 g/mol. The van der Waals surface area contributed by atoms with Crippen molar-refractivity contribution in [1.29, 1.82) is 5.41 Å². The Labute approximate surface area is 113 Å². The highest BCUT2D eigenvalue weighted by Gasteiger charge is 2.06. The van der Waals surface area contributed by atoms with Crippen molar-refractivity contribution in [3.8, 4) is 0 Å². The van der Waals surface area contributed by atoms with Gasteiger partial charge in [-0.25, -0.2) is 4.98 Å². The molecule has 1 heterocycles. The second-order valence-corrected chi connectivity index (χ2v) is 4.74. The van der Waals surface area contributed by atoms with Crippen LogP contribution in [0.15, 0.2) is 36.7 Å². The third kappa shape index (κ3) is 3.42. The molecule has 0 spiro atoms. The Morgan fingerprint density at radius 3 is 2.84 bits per heavy atom. The Kier molecular flexibility index (Phi) is 3.97. The van der Waals surface area contributed by atoms with Gasteiger partial charge in [-0.15, -0.1) is 0 Å². The highest BCUT2D eigenvalue weighted by Crippen LogP contribution is 2.09. The Hall–Kier alpha value is -2.14. The Morgan fingerprint density at radius 2 is 2.21 bits per heavy atom. The van der Waals surface area contributed by atoms with Gasteiger partial charge in [-0.3, -0.25) is 10.3 Å². The molecule has 0 unspecified atom stereocenters. The largest absolute Gasteiger partial charge is 0.384 e. The van der Waals surface area contributed by atoms with Gasteiger partial charge in [-0.05, 0) is 18.7 Å². The minimum Gasteiger partial charge on any atom is -0.384 e. The van der Waals surface area contributed by atoms with Crippen LogP contribution in [0.1, 0.15) is 17.0 Å². The van der Waals surface area contributed by atoms with Crippen molar-refractivity contribution >= 4 is 5.84 Å². The summed E-state index contributed by atoms with van der Waals surface area (Å²) in [7, 11) is 4.04. The first-order valence-electron chi connectivity index (χ1n) is 6.14. The first-order valence-corrected chi connectivity index (χ1v) is 6.14. The van der Waals surface area contributed by atoms with E-state index < -0.39 is 0 Å². The normalized spacial score (nSPS) is 10.9. The van der Waals surface area contributed by atoms with Crippen molar-refractivity contribution in [2.24, 2.45) is 12.8 Å². The highest BCUT2D eigenvalue weighted by atomic mass is 15.1. The number of nitrogens with two attached hydrogens (primary N) is 1. The molecule has 19 heavy (non-hydrogen) atoms. The van der Waals surface area contributed by atoms with Crippen molar-refractivity contribution in [2.45, 2.75) is 13.1 Å². The summed E-state index contributed by atoms with van der Waals surface area (Å²) < 4.78 is 2.02. The van der Waals surface area contributed by atoms with Gasteiger partial charge in [0.1, 0.15) is 11.7 Å². The molecule has 5 heteroatoms. The van der Waals surface area contributed by atoms with E-state index in [9.17, 15) is 0 Å². The predicted molar refractivity (Wildman–Crippen MR) is 75.8 cm³/mol. The van der Waals surface area contributed by atoms with Crippen LogP contribution in [0, 0.1) is 5.41 Å². The molecule has 0 fully saturated rings. The monoisotopic (exact) mass is 257 g/mol. The van der Waals surface area contributed by atoms with Gasteiger partial charge in [-0.2, -0.15) is 0 Å². The fourth-order valence-electron chi connectivity index (χ4n) is 2.00. The zero-order valence-electron chi connectivity index (χ0n) is 11.3. The highest BCUT2D eigenvalue weighted by molar-refractivity contribution is 5.95. The van der Waals surface area contributed by atoms with Gasteiger partial charge in [0, 0.05) is 31.5 Å². The predicted octanol–water partition coefficient (Wildman–Crippen LogP) is 1.34. The van der Waals surface area contributed by atoms with Gasteiger partial charge < -0.3 is 10.3 Å². The van der Waals surface area contributed by atoms with E-state index in [1.165, 1.54) is 0 Å². The number of imidazole rings is 1. The van der Waals surface area contributed by atoms with Crippen LogP contribution in [0.4, 0.5) is 0 Å². The number of benzene rings is 1. The number of aryl methyl sites for hydroxylation is 1. The molecule has 5 nitrogen and oxygen atoms in total. The van der Waals surface area contributed by atoms with Gasteiger partial charge in [0.25, 0.3) is 0 Å². The number of rotatable bonds is 5. The van der Waals surface area contributed by atoms with E-state index in [-0.39, 0.29) is 5.84 Å². The number of hydrogen-bond acceptors (Lipinski definition) is 3. The summed E-state index contributed by atoms with van der Waals surface area (Å²) in [5.41, 5.74) is 7.41. The zero-order valence-corrected chi connectivity index (χ0v) is 11.3. The summed E-state index contributed by atoms with van der Waals surface area (Å²) in [6, 6.07) is 7.78. The fraction of sp³-hybridized carbons (Fsp3) is 0.286. The molecule has 0 aliphatic rings. The average molecular weight is 257 g/mol. The van der Waals surface area contributed by atoms with E-state index in [1.807, 2.05) is 42.1 Å². The van der Waals surface area contributed by atoms with Crippen molar-refractivity contribution in [1.82, 2.24) is 14.5 Å². The molecule has 0 aliphatic heterocycles. The van der Waals surface area contributed by atoms with Gasteiger partial charge in [0.05, 0.1) is 6.54 Å². The average Bonchev–Trinajstić information content (AvgIpc) is 2.75. The Morgan fingerprint density at radius 1 is 1.42 bits per heavy atom. The van der Waals surface area contributed by atoms with Crippen LogP contribution in [0.2, 0.25) is 0 Å². The summed E-state index contributed by atoms with van der Waals surface area (Å²) in [5.74, 6) is 1.14. The second kappa shape index (κ2) is 5.67. The van der Waals surface area contributed by atoms with Crippen molar-refractivity contribution in [2.75, 3.05) is 7.05 Å². The maximum Gasteiger partial charge on any atom is 0.122 e. The first kappa shape index (κ1) is 13.3. The van der Waals surface area contributed by atoms with Crippen molar-refractivity contribution in [3.05, 3.63) is 53.6 Å². The summed E-state index contributed by atoms with van der Waals surface area (Å²) in [4.78, 5) is 6.49. The molecule has 0 bridgehead atoms. The van der Waals surface area contributed by atoms with E-state index >= 15 is 0 Å². The lowest BCUT2D eigenvalue weighted by molar-refractivity contribution is 0.307. The minimum atomic E-state index is 0.105. The number of hydrogen-bond donors (Lipinski definition) is 2. The van der Waals surface area contributed by atoms with Crippen LogP contribution in [0.5, 0.6) is 0 Å². The van der Waals surface area contributed by atoms with E-state index in [2.05, 4.69) is 16.9 Å². The molecule has 0 aliphatic carbocycles. The van der Waals surface area contributed by atoms with Gasteiger partial charge in [0.15, 0.2) is 0 Å². The number of nitrogen functional groups attached to an aromatic ring is 1. The van der Waals surface area contributed by atoms with Crippen LogP contribution < -0.4 is 5.73 Å². The zero-order chi connectivity index (χ0) is 13.8. The van der Waals surface area contributed by atoms with Crippen molar-refractivity contribution < 1.29 is 0 Å². The van der Waals surface area contributed by atoms with E-state index in [0.29, 0.717) is 0 Å². The van der Waals surface area contributed by atoms with Crippen LogP contribution in [-0.2, 0) is 20.1 Å². The number of amidine groups is 1. The topological polar surface area (TPSA) is 70.9 Å². The standard InChI is InChI=1S/C14H19N5/c1-18(10-13-17-6-7-19(13)2)9-11-4-3-5-12(8-11)14(15)16/h3-8H,9-10H2,1-2H3,(H3,15,16). The van der Waals surface area contributed by atoms with Gasteiger partial charge >= 0.3 is 0 Å². The molecule has 1 aromatic heterocycles. The van der Waals surface area contributed by atoms with E-state index in [4.69, 9.17) is 11.1 Å². The fourth-order valence-corrected chi connectivity index (χ4v) is 2.00. The molecule has 2 rings (SSSR count). The second-order valence-electron chi connectivity index (χ2n) is 4.74. The number of aromatic nitrogens is 2. The lowest BCUT2D eigenvalue weighted by Gasteiger charge is -2.16. The number of nitrogens with zero attached hydrogens (tertiary/aromatic N) is 3. The number of nitrogens with one attached hydrogen (secondary N) is 1. The molecule has 0 saturated carbocycles. The third-order valence-corrected chi connectivity index (χ3v) is 3.02. The quantitative estimate of drug-likeness (QED) is 0.627. The van der Waals surface area contributed by atoms with E-state index in [1.54, 1.807) is 6.20 Å². The lowest BCUT2D eigenvalue weighted by Crippen LogP contribution is -2.20. The summed E-state index contributed by atoms with van der Waals surface area (Å²) in [6.45, 7) is 1.59. The SMILES string of the molecule is CN(Cc1cccc(C(=N)N)c1)Cc1nccn1C. The molecule has 3 N–H and O–H groups in total. The van der Waals surface area contributed by atoms with Crippen molar-refractivity contribution in [3.63, 3.8) is 0 Å². The van der Waals surface area contributed by atoms with Crippen LogP contribution in [0.3, 0.4) is 0 Å². The Bertz CT molecular complexity index is 573. The van der Waals surface area contributed by atoms with E-state index in [0.717, 1.165) is 30.0 Å². The maximum absolute atomic E-state index is 7.45. The smallest absolute Gasteiger partial charge is 0.122 e. The lowest BCUT2D eigenvalue weighted by atomic mass is 10.1. The molecule has 0 atom stereocenters. The molecule has 0 saturated heterocycles. The first-order chi connectivity index (χ1) is 9.06. The van der Waals surface area contributed by atoms with Crippen LogP contribution in [0.25, 0.3) is 0 Å². The van der Waals surface area contributed by atoms with Crippen LogP contribution in [-0.4, -0.2) is 27.3 Å². The molecular formula is C14H19N5. The summed E-state index contributed by atoms with van der Waals surface area (Å²) in [5, 5.41) is 7.45. The summed E-state index contributed by atoms with van der Waals surface area (Å²) >= 11 is 0. The maximum atomic E-state index is 7.45. The minimum absolute atomic E-state index is 0.105. The van der Waals surface area contributed by atoms with Gasteiger partial charge in [0.2, 0.25) is 0 Å². The third-order valence-electron chi connectivity index (χ3n) is 3.02. The molecule has 0 amide bonds.